The van der Waals surface area contributed by atoms with Gasteiger partial charge in [0.2, 0.25) is 0 Å². The zero-order valence-electron chi connectivity index (χ0n) is 11.4. The summed E-state index contributed by atoms with van der Waals surface area (Å²) in [5.41, 5.74) is 5.58. The number of aliphatic carboxylic acids is 1. The minimum atomic E-state index is -0.763. The van der Waals surface area contributed by atoms with Gasteiger partial charge in [-0.2, -0.15) is 0 Å². The van der Waals surface area contributed by atoms with Gasteiger partial charge in [-0.15, -0.1) is 0 Å². The molecule has 4 N–H and O–H groups in total. The maximum absolute atomic E-state index is 11.6. The van der Waals surface area contributed by atoms with Gasteiger partial charge < -0.3 is 16.2 Å². The number of carboxylic acid groups (broad SMARTS) is 1. The molecule has 0 saturated heterocycles. The Morgan fingerprint density at radius 2 is 1.85 bits per heavy atom. The van der Waals surface area contributed by atoms with Crippen LogP contribution in [0.25, 0.3) is 0 Å². The number of hydrogen-bond acceptors (Lipinski definition) is 3. The van der Waals surface area contributed by atoms with Gasteiger partial charge in [0, 0.05) is 12.2 Å². The Balaban J connectivity index is 2.14. The summed E-state index contributed by atoms with van der Waals surface area (Å²) in [6.07, 6.45) is 4.31. The molecule has 5 heteroatoms. The predicted octanol–water partition coefficient (Wildman–Crippen LogP) is 2.23. The Morgan fingerprint density at radius 1 is 1.20 bits per heavy atom. The third-order valence-corrected chi connectivity index (χ3v) is 4.07. The molecule has 108 valence electrons. The molecule has 1 amide bonds. The van der Waals surface area contributed by atoms with E-state index in [4.69, 9.17) is 5.73 Å². The van der Waals surface area contributed by atoms with Crippen molar-refractivity contribution < 1.29 is 14.7 Å². The summed E-state index contributed by atoms with van der Waals surface area (Å²) < 4.78 is 0. The molecule has 0 aromatic heterocycles. The Hall–Kier alpha value is -2.04. The fourth-order valence-electron chi connectivity index (χ4n) is 2.81. The molecule has 1 saturated carbocycles. The van der Waals surface area contributed by atoms with Gasteiger partial charge in [0.05, 0.1) is 11.0 Å². The molecule has 5 nitrogen and oxygen atoms in total. The number of nitrogens with two attached hydrogens (primary N) is 1. The smallest absolute Gasteiger partial charge is 0.311 e. The second-order valence-corrected chi connectivity index (χ2v) is 5.41. The van der Waals surface area contributed by atoms with Crippen LogP contribution in [0.15, 0.2) is 24.3 Å². The number of para-hydroxylation sites is 1. The first-order valence-electron chi connectivity index (χ1n) is 6.91. The second kappa shape index (κ2) is 5.94. The van der Waals surface area contributed by atoms with Crippen molar-refractivity contribution >= 4 is 17.6 Å². The van der Waals surface area contributed by atoms with Gasteiger partial charge in [-0.05, 0) is 25.0 Å². The molecule has 0 spiro atoms. The summed E-state index contributed by atoms with van der Waals surface area (Å²) in [6.45, 7) is 0.326. The molecule has 1 fully saturated rings. The van der Waals surface area contributed by atoms with E-state index in [-0.39, 0.29) is 0 Å². The average Bonchev–Trinajstić information content (AvgIpc) is 2.46. The van der Waals surface area contributed by atoms with Gasteiger partial charge in [0.25, 0.3) is 5.91 Å². The standard InChI is InChI=1S/C15H20N2O3/c16-13(18)11-6-2-3-7-12(11)17-10-15(14(19)20)8-4-1-5-9-15/h2-3,6-7,17H,1,4-5,8-10H2,(H2,16,18)(H,19,20). The fourth-order valence-corrected chi connectivity index (χ4v) is 2.81. The molecular formula is C15H20N2O3. The zero-order valence-corrected chi connectivity index (χ0v) is 11.4. The van der Waals surface area contributed by atoms with Crippen LogP contribution in [0, 0.1) is 5.41 Å². The van der Waals surface area contributed by atoms with Crippen molar-refractivity contribution in [2.45, 2.75) is 32.1 Å². The molecule has 1 aromatic rings. The molecule has 0 radical (unpaired) electrons. The summed E-state index contributed by atoms with van der Waals surface area (Å²) >= 11 is 0. The lowest BCUT2D eigenvalue weighted by atomic mass is 9.74. The largest absolute Gasteiger partial charge is 0.481 e. The number of carbonyl (C=O) groups is 2. The van der Waals surface area contributed by atoms with Crippen LogP contribution < -0.4 is 11.1 Å². The quantitative estimate of drug-likeness (QED) is 0.769. The molecular weight excluding hydrogens is 256 g/mol. The summed E-state index contributed by atoms with van der Waals surface area (Å²) in [4.78, 5) is 22.9. The van der Waals surface area contributed by atoms with Crippen LogP contribution in [0.2, 0.25) is 0 Å². The van der Waals surface area contributed by atoms with E-state index < -0.39 is 17.3 Å². The van der Waals surface area contributed by atoms with Crippen molar-refractivity contribution in [3.63, 3.8) is 0 Å². The molecule has 0 unspecified atom stereocenters. The summed E-state index contributed by atoms with van der Waals surface area (Å²) in [5, 5.41) is 12.6. The van der Waals surface area contributed by atoms with Crippen LogP contribution in [0.1, 0.15) is 42.5 Å². The number of benzene rings is 1. The van der Waals surface area contributed by atoms with E-state index in [9.17, 15) is 14.7 Å². The van der Waals surface area contributed by atoms with Crippen molar-refractivity contribution in [2.75, 3.05) is 11.9 Å². The van der Waals surface area contributed by atoms with E-state index >= 15 is 0 Å². The van der Waals surface area contributed by atoms with Crippen LogP contribution in [0.4, 0.5) is 5.69 Å². The normalized spacial score (nSPS) is 17.4. The topological polar surface area (TPSA) is 92.4 Å². The highest BCUT2D eigenvalue weighted by atomic mass is 16.4. The Kier molecular flexibility index (Phi) is 4.27. The Morgan fingerprint density at radius 3 is 2.45 bits per heavy atom. The summed E-state index contributed by atoms with van der Waals surface area (Å²) in [6, 6.07) is 6.92. The van der Waals surface area contributed by atoms with Crippen LogP contribution in [-0.2, 0) is 4.79 Å². The molecule has 20 heavy (non-hydrogen) atoms. The van der Waals surface area contributed by atoms with Crippen molar-refractivity contribution in [1.29, 1.82) is 0 Å². The van der Waals surface area contributed by atoms with Crippen LogP contribution >= 0.6 is 0 Å². The molecule has 0 atom stereocenters. The SMILES string of the molecule is NC(=O)c1ccccc1NCC1(C(=O)O)CCCCC1. The molecule has 1 aromatic carbocycles. The number of rotatable bonds is 5. The number of hydrogen-bond donors (Lipinski definition) is 3. The molecule has 1 aliphatic rings. The molecule has 2 rings (SSSR count). The molecule has 0 bridgehead atoms. The highest BCUT2D eigenvalue weighted by Gasteiger charge is 2.39. The van der Waals surface area contributed by atoms with Gasteiger partial charge in [-0.3, -0.25) is 9.59 Å². The first kappa shape index (κ1) is 14.4. The third-order valence-electron chi connectivity index (χ3n) is 4.07. The van der Waals surface area contributed by atoms with Crippen LogP contribution in [0.5, 0.6) is 0 Å². The first-order chi connectivity index (χ1) is 9.55. The van der Waals surface area contributed by atoms with Crippen molar-refractivity contribution in [3.05, 3.63) is 29.8 Å². The average molecular weight is 276 g/mol. The minimum Gasteiger partial charge on any atom is -0.481 e. The first-order valence-corrected chi connectivity index (χ1v) is 6.91. The number of carbonyl (C=O) groups excluding carboxylic acids is 1. The number of amides is 1. The highest BCUT2D eigenvalue weighted by Crippen LogP contribution is 2.37. The lowest BCUT2D eigenvalue weighted by molar-refractivity contribution is -0.150. The zero-order chi connectivity index (χ0) is 14.6. The highest BCUT2D eigenvalue weighted by molar-refractivity contribution is 5.98. The lowest BCUT2D eigenvalue weighted by Crippen LogP contribution is -2.40. The molecule has 0 heterocycles. The van der Waals surface area contributed by atoms with E-state index in [1.165, 1.54) is 0 Å². The monoisotopic (exact) mass is 276 g/mol. The van der Waals surface area contributed by atoms with E-state index in [1.54, 1.807) is 24.3 Å². The fraction of sp³-hybridized carbons (Fsp3) is 0.467. The van der Waals surface area contributed by atoms with E-state index in [0.717, 1.165) is 19.3 Å². The van der Waals surface area contributed by atoms with Crippen LogP contribution in [-0.4, -0.2) is 23.5 Å². The summed E-state index contributed by atoms with van der Waals surface area (Å²) in [5.74, 6) is -1.28. The number of nitrogens with one attached hydrogen (secondary N) is 1. The van der Waals surface area contributed by atoms with Gasteiger partial charge in [-0.1, -0.05) is 31.4 Å². The second-order valence-electron chi connectivity index (χ2n) is 5.41. The maximum Gasteiger partial charge on any atom is 0.311 e. The number of anilines is 1. The minimum absolute atomic E-state index is 0.326. The predicted molar refractivity (Wildman–Crippen MR) is 76.6 cm³/mol. The number of primary amides is 1. The van der Waals surface area contributed by atoms with Gasteiger partial charge >= 0.3 is 5.97 Å². The molecule has 1 aliphatic carbocycles. The van der Waals surface area contributed by atoms with Crippen molar-refractivity contribution in [2.24, 2.45) is 11.1 Å². The Labute approximate surface area is 118 Å². The lowest BCUT2D eigenvalue weighted by Gasteiger charge is -2.33. The van der Waals surface area contributed by atoms with Gasteiger partial charge in [-0.25, -0.2) is 0 Å². The van der Waals surface area contributed by atoms with Gasteiger partial charge in [0.1, 0.15) is 0 Å². The van der Waals surface area contributed by atoms with Crippen molar-refractivity contribution in [1.82, 2.24) is 0 Å². The summed E-state index contributed by atoms with van der Waals surface area (Å²) in [7, 11) is 0. The Bertz CT molecular complexity index is 508. The van der Waals surface area contributed by atoms with Crippen molar-refractivity contribution in [3.8, 4) is 0 Å². The van der Waals surface area contributed by atoms with Gasteiger partial charge in [0.15, 0.2) is 0 Å². The number of carboxylic acids is 1. The van der Waals surface area contributed by atoms with E-state index in [2.05, 4.69) is 5.32 Å². The third kappa shape index (κ3) is 2.92. The maximum atomic E-state index is 11.6. The van der Waals surface area contributed by atoms with E-state index in [0.29, 0.717) is 30.6 Å². The van der Waals surface area contributed by atoms with Crippen LogP contribution in [0.3, 0.4) is 0 Å². The molecule has 0 aliphatic heterocycles. The van der Waals surface area contributed by atoms with E-state index in [1.807, 2.05) is 0 Å².